The molecule has 1 aromatic carbocycles. The fourth-order valence-corrected chi connectivity index (χ4v) is 5.27. The van der Waals surface area contributed by atoms with E-state index in [4.69, 9.17) is 18.9 Å². The van der Waals surface area contributed by atoms with E-state index in [1.54, 1.807) is 17.0 Å². The maximum atomic E-state index is 12.3. The number of benzene rings is 1. The van der Waals surface area contributed by atoms with Crippen molar-refractivity contribution in [2.24, 2.45) is 0 Å². The molecule has 1 aliphatic heterocycles. The molecule has 1 amide bonds. The summed E-state index contributed by atoms with van der Waals surface area (Å²) in [7, 11) is 3.01. The molecule has 0 unspecified atom stereocenters. The van der Waals surface area contributed by atoms with Gasteiger partial charge in [0.2, 0.25) is 5.91 Å². The van der Waals surface area contributed by atoms with E-state index in [1.807, 2.05) is 12.1 Å². The van der Waals surface area contributed by atoms with Crippen molar-refractivity contribution < 1.29 is 107 Å². The molecular formula is C28H28N2Na2O10S. The molecular weight excluding hydrogens is 602 g/mol. The van der Waals surface area contributed by atoms with Crippen molar-refractivity contribution in [1.82, 2.24) is 9.88 Å². The standard InChI is InChI=1S/C28H30N2O10S.2Na/c1-37-20-11-17-14-30(24(32)5-7-26(35)36)15-18(17)12-21(20)39-8-3-9-40-27-22(38-2)10-16-13-23(41-28(16)29-27)19(31)4-6-25(33)34;;/h10-13H,3-9,14-15H2,1-2H3,(H,33,34)(H,35,36);;/q;2*+1/p-2. The summed E-state index contributed by atoms with van der Waals surface area (Å²) in [5.41, 5.74) is 1.81. The second-order valence-electron chi connectivity index (χ2n) is 9.24. The van der Waals surface area contributed by atoms with Crippen LogP contribution in [-0.2, 0) is 27.5 Å². The van der Waals surface area contributed by atoms with E-state index < -0.39 is 11.9 Å². The predicted molar refractivity (Wildman–Crippen MR) is 142 cm³/mol. The minimum Gasteiger partial charge on any atom is -0.550 e. The average Bonchev–Trinajstić information content (AvgIpc) is 3.56. The Kier molecular flexibility index (Phi) is 14.7. The van der Waals surface area contributed by atoms with Crippen LogP contribution in [0.5, 0.6) is 23.1 Å². The molecule has 0 fully saturated rings. The first-order valence-electron chi connectivity index (χ1n) is 12.8. The summed E-state index contributed by atoms with van der Waals surface area (Å²) in [6, 6.07) is 7.00. The number of amides is 1. The van der Waals surface area contributed by atoms with E-state index in [0.29, 0.717) is 58.5 Å². The molecule has 1 aliphatic rings. The number of ether oxygens (including phenoxy) is 4. The summed E-state index contributed by atoms with van der Waals surface area (Å²) < 4.78 is 22.6. The third-order valence-corrected chi connectivity index (χ3v) is 7.47. The van der Waals surface area contributed by atoms with Gasteiger partial charge < -0.3 is 43.6 Å². The first-order valence-corrected chi connectivity index (χ1v) is 13.6. The van der Waals surface area contributed by atoms with Gasteiger partial charge in [-0.2, -0.15) is 4.98 Å². The largest absolute Gasteiger partial charge is 1.00 e. The van der Waals surface area contributed by atoms with Crippen LogP contribution in [0.15, 0.2) is 24.3 Å². The Morgan fingerprint density at radius 3 is 2.05 bits per heavy atom. The number of ketones is 1. The van der Waals surface area contributed by atoms with Crippen molar-refractivity contribution in [2.45, 2.75) is 45.2 Å². The summed E-state index contributed by atoms with van der Waals surface area (Å²) in [5.74, 6) is -1.41. The van der Waals surface area contributed by atoms with Gasteiger partial charge in [0.25, 0.3) is 5.88 Å². The van der Waals surface area contributed by atoms with Gasteiger partial charge >= 0.3 is 59.1 Å². The SMILES string of the molecule is COc1cc2c(cc1OCCCOc1nc3sc(C(=O)CCC(=O)[O-])cc3cc1OC)CN(C(=O)CCC(=O)[O-])C2.[Na+].[Na+]. The number of carbonyl (C=O) groups excluding carboxylic acids is 4. The molecule has 0 radical (unpaired) electrons. The van der Waals surface area contributed by atoms with Crippen LogP contribution in [0.4, 0.5) is 0 Å². The van der Waals surface area contributed by atoms with E-state index in [2.05, 4.69) is 4.98 Å². The topological polar surface area (TPSA) is 167 Å². The molecule has 12 nitrogen and oxygen atoms in total. The van der Waals surface area contributed by atoms with Crippen molar-refractivity contribution in [1.29, 1.82) is 0 Å². The zero-order chi connectivity index (χ0) is 29.5. The molecule has 0 spiro atoms. The van der Waals surface area contributed by atoms with Gasteiger partial charge in [0, 0.05) is 49.7 Å². The van der Waals surface area contributed by atoms with Gasteiger partial charge in [-0.15, -0.1) is 11.3 Å². The number of pyridine rings is 1. The monoisotopic (exact) mass is 630 g/mol. The van der Waals surface area contributed by atoms with Crippen molar-refractivity contribution in [3.63, 3.8) is 0 Å². The Balaban J connectivity index is 0.00000323. The molecule has 0 aliphatic carbocycles. The minimum absolute atomic E-state index is 0. The van der Waals surface area contributed by atoms with Crippen LogP contribution in [-0.4, -0.2) is 60.9 Å². The van der Waals surface area contributed by atoms with E-state index in [9.17, 15) is 29.4 Å². The molecule has 0 saturated carbocycles. The molecule has 15 heteroatoms. The van der Waals surface area contributed by atoms with Gasteiger partial charge in [-0.3, -0.25) is 9.59 Å². The van der Waals surface area contributed by atoms with Crippen LogP contribution in [0.25, 0.3) is 10.2 Å². The molecule has 2 aromatic heterocycles. The maximum Gasteiger partial charge on any atom is 1.00 e. The van der Waals surface area contributed by atoms with Crippen molar-refractivity contribution >= 4 is 45.2 Å². The minimum atomic E-state index is -1.28. The number of rotatable bonds is 15. The summed E-state index contributed by atoms with van der Waals surface area (Å²) >= 11 is 1.15. The zero-order valence-corrected chi connectivity index (χ0v) is 29.4. The number of carboxylic acids is 2. The van der Waals surface area contributed by atoms with Gasteiger partial charge in [-0.1, -0.05) is 0 Å². The number of carbonyl (C=O) groups is 4. The molecule has 0 saturated heterocycles. The molecule has 218 valence electrons. The number of hydrogen-bond donors (Lipinski definition) is 0. The quantitative estimate of drug-likeness (QED) is 0.0899. The fraction of sp³-hybridized carbons (Fsp3) is 0.393. The number of carboxylic acid groups (broad SMARTS) is 2. The normalized spacial score (nSPS) is 11.6. The first kappa shape index (κ1) is 36.8. The summed E-state index contributed by atoms with van der Waals surface area (Å²) in [4.78, 5) is 53.0. The maximum absolute atomic E-state index is 12.3. The molecule has 4 rings (SSSR count). The van der Waals surface area contributed by atoms with Crippen LogP contribution in [0.1, 0.15) is 52.9 Å². The summed E-state index contributed by atoms with van der Waals surface area (Å²) in [5, 5.41) is 22.0. The van der Waals surface area contributed by atoms with E-state index in [1.165, 1.54) is 14.2 Å². The Labute approximate surface area is 296 Å². The third kappa shape index (κ3) is 9.80. The van der Waals surface area contributed by atoms with Crippen molar-refractivity contribution in [2.75, 3.05) is 27.4 Å². The number of methoxy groups -OCH3 is 2. The number of Topliss-reactive ketones (excluding diaryl/α,β-unsaturated/α-hetero) is 1. The van der Waals surface area contributed by atoms with Gasteiger partial charge in [0.05, 0.1) is 32.3 Å². The van der Waals surface area contributed by atoms with Crippen LogP contribution < -0.4 is 88.3 Å². The smallest absolute Gasteiger partial charge is 0.550 e. The van der Waals surface area contributed by atoms with Gasteiger partial charge in [0.1, 0.15) is 4.83 Å². The Morgan fingerprint density at radius 2 is 1.42 bits per heavy atom. The number of fused-ring (bicyclic) bond motifs is 2. The molecule has 0 atom stereocenters. The molecule has 3 heterocycles. The van der Waals surface area contributed by atoms with Crippen molar-refractivity contribution in [3.8, 4) is 23.1 Å². The van der Waals surface area contributed by atoms with Crippen LogP contribution in [0, 0.1) is 0 Å². The average molecular weight is 631 g/mol. The second-order valence-corrected chi connectivity index (χ2v) is 10.3. The summed E-state index contributed by atoms with van der Waals surface area (Å²) in [6.07, 6.45) is -0.427. The number of nitrogens with zero attached hydrogens (tertiary/aromatic N) is 2. The Hall–Kier alpha value is -2.39. The van der Waals surface area contributed by atoms with Gasteiger partial charge in [-0.05, 0) is 48.2 Å². The number of hydrogen-bond acceptors (Lipinski definition) is 12. The molecule has 0 bridgehead atoms. The van der Waals surface area contributed by atoms with Crippen LogP contribution in [0.2, 0.25) is 0 Å². The fourth-order valence-electron chi connectivity index (χ4n) is 4.29. The zero-order valence-electron chi connectivity index (χ0n) is 24.6. The third-order valence-electron chi connectivity index (χ3n) is 6.38. The predicted octanol–water partition coefficient (Wildman–Crippen LogP) is -4.75. The number of aliphatic carboxylic acids is 2. The Bertz CT molecular complexity index is 1480. The number of thiophene rings is 1. The van der Waals surface area contributed by atoms with E-state index in [0.717, 1.165) is 22.5 Å². The second kappa shape index (κ2) is 17.2. The molecule has 3 aromatic rings. The number of aromatic nitrogens is 1. The Morgan fingerprint density at radius 1 is 0.814 bits per heavy atom. The molecule has 43 heavy (non-hydrogen) atoms. The van der Waals surface area contributed by atoms with Gasteiger partial charge in [0.15, 0.2) is 23.0 Å². The first-order chi connectivity index (χ1) is 19.7. The van der Waals surface area contributed by atoms with Crippen molar-refractivity contribution in [3.05, 3.63) is 40.3 Å². The molecule has 0 N–H and O–H groups in total. The van der Waals surface area contributed by atoms with E-state index >= 15 is 0 Å². The van der Waals surface area contributed by atoms with Crippen LogP contribution >= 0.6 is 11.3 Å². The summed E-state index contributed by atoms with van der Waals surface area (Å²) in [6.45, 7) is 1.27. The van der Waals surface area contributed by atoms with Crippen LogP contribution in [0.3, 0.4) is 0 Å². The van der Waals surface area contributed by atoms with E-state index in [-0.39, 0.29) is 109 Å². The van der Waals surface area contributed by atoms with Gasteiger partial charge in [-0.25, -0.2) is 0 Å².